The van der Waals surface area contributed by atoms with E-state index in [4.69, 9.17) is 10.2 Å². The first-order valence-electron chi connectivity index (χ1n) is 6.87. The van der Waals surface area contributed by atoms with Crippen LogP contribution < -0.4 is 10.6 Å². The third-order valence-electron chi connectivity index (χ3n) is 3.50. The molecule has 3 nitrogen and oxygen atoms in total. The molecule has 0 saturated carbocycles. The van der Waals surface area contributed by atoms with Gasteiger partial charge in [0.15, 0.2) is 0 Å². The second-order valence-electron chi connectivity index (χ2n) is 5.10. The van der Waals surface area contributed by atoms with E-state index in [1.54, 1.807) is 18.6 Å². The van der Waals surface area contributed by atoms with Crippen molar-refractivity contribution in [3.05, 3.63) is 53.7 Å². The molecular formula is C16H21FN2O. The molecule has 0 fully saturated rings. The van der Waals surface area contributed by atoms with Crippen LogP contribution in [0.3, 0.4) is 0 Å². The second kappa shape index (κ2) is 6.57. The van der Waals surface area contributed by atoms with Crippen molar-refractivity contribution in [1.29, 1.82) is 0 Å². The standard InChI is InChI=1S/C16H21FN2O/c1-3-13(18)9-14-15(17)5-4-6-16(14)19(2)10-12-7-8-20-11-12/h4-8,11,13H,3,9-10,18H2,1-2H3. The lowest BCUT2D eigenvalue weighted by Gasteiger charge is -2.23. The Morgan fingerprint density at radius 1 is 1.35 bits per heavy atom. The third-order valence-corrected chi connectivity index (χ3v) is 3.50. The Bertz CT molecular complexity index is 539. The summed E-state index contributed by atoms with van der Waals surface area (Å²) in [5.41, 5.74) is 8.61. The average molecular weight is 276 g/mol. The summed E-state index contributed by atoms with van der Waals surface area (Å²) in [4.78, 5) is 2.02. The molecule has 108 valence electrons. The zero-order chi connectivity index (χ0) is 14.5. The lowest BCUT2D eigenvalue weighted by Crippen LogP contribution is -2.25. The summed E-state index contributed by atoms with van der Waals surface area (Å²) in [5.74, 6) is -0.189. The van der Waals surface area contributed by atoms with Crippen molar-refractivity contribution in [2.45, 2.75) is 32.4 Å². The third kappa shape index (κ3) is 3.39. The number of anilines is 1. The lowest BCUT2D eigenvalue weighted by atomic mass is 10.0. The van der Waals surface area contributed by atoms with E-state index >= 15 is 0 Å². The van der Waals surface area contributed by atoms with Gasteiger partial charge in [-0.3, -0.25) is 0 Å². The molecule has 0 aliphatic heterocycles. The van der Waals surface area contributed by atoms with E-state index in [1.165, 1.54) is 6.07 Å². The van der Waals surface area contributed by atoms with E-state index in [2.05, 4.69) is 0 Å². The molecule has 20 heavy (non-hydrogen) atoms. The predicted octanol–water partition coefficient (Wildman–Crippen LogP) is 3.33. The topological polar surface area (TPSA) is 42.4 Å². The van der Waals surface area contributed by atoms with Gasteiger partial charge in [0.2, 0.25) is 0 Å². The number of furan rings is 1. The van der Waals surface area contributed by atoms with Gasteiger partial charge in [-0.15, -0.1) is 0 Å². The smallest absolute Gasteiger partial charge is 0.128 e. The van der Waals surface area contributed by atoms with Crippen molar-refractivity contribution in [3.8, 4) is 0 Å². The molecule has 1 unspecified atom stereocenters. The molecule has 0 bridgehead atoms. The average Bonchev–Trinajstić information content (AvgIpc) is 2.93. The van der Waals surface area contributed by atoms with E-state index in [1.807, 2.05) is 31.0 Å². The van der Waals surface area contributed by atoms with E-state index in [9.17, 15) is 4.39 Å². The van der Waals surface area contributed by atoms with Crippen LogP contribution in [-0.2, 0) is 13.0 Å². The van der Waals surface area contributed by atoms with Crippen LogP contribution >= 0.6 is 0 Å². The van der Waals surface area contributed by atoms with Gasteiger partial charge in [-0.2, -0.15) is 0 Å². The fraction of sp³-hybridized carbons (Fsp3) is 0.375. The molecule has 0 saturated heterocycles. The Hall–Kier alpha value is -1.81. The zero-order valence-electron chi connectivity index (χ0n) is 12.0. The minimum absolute atomic E-state index is 0.0204. The van der Waals surface area contributed by atoms with E-state index < -0.39 is 0 Å². The van der Waals surface area contributed by atoms with Crippen molar-refractivity contribution in [1.82, 2.24) is 0 Å². The van der Waals surface area contributed by atoms with Crippen molar-refractivity contribution in [2.24, 2.45) is 5.73 Å². The Balaban J connectivity index is 2.23. The van der Waals surface area contributed by atoms with Crippen LogP contribution in [-0.4, -0.2) is 13.1 Å². The second-order valence-corrected chi connectivity index (χ2v) is 5.10. The van der Waals surface area contributed by atoms with Crippen molar-refractivity contribution in [3.63, 3.8) is 0 Å². The maximum Gasteiger partial charge on any atom is 0.128 e. The van der Waals surface area contributed by atoms with Gasteiger partial charge in [0.05, 0.1) is 12.5 Å². The molecule has 0 amide bonds. The predicted molar refractivity (Wildman–Crippen MR) is 79.2 cm³/mol. The number of nitrogens with two attached hydrogens (primary N) is 1. The molecular weight excluding hydrogens is 255 g/mol. The highest BCUT2D eigenvalue weighted by molar-refractivity contribution is 5.54. The fourth-order valence-electron chi connectivity index (χ4n) is 2.26. The van der Waals surface area contributed by atoms with Gasteiger partial charge in [0, 0.05) is 36.4 Å². The summed E-state index contributed by atoms with van der Waals surface area (Å²) in [6, 6.07) is 7.05. The highest BCUT2D eigenvalue weighted by atomic mass is 19.1. The van der Waals surface area contributed by atoms with Gasteiger partial charge in [-0.1, -0.05) is 13.0 Å². The summed E-state index contributed by atoms with van der Waals surface area (Å²) >= 11 is 0. The molecule has 4 heteroatoms. The minimum Gasteiger partial charge on any atom is -0.472 e. The Morgan fingerprint density at radius 3 is 2.80 bits per heavy atom. The molecule has 0 aliphatic rings. The highest BCUT2D eigenvalue weighted by Gasteiger charge is 2.15. The molecule has 1 aromatic heterocycles. The van der Waals surface area contributed by atoms with E-state index in [0.29, 0.717) is 18.5 Å². The van der Waals surface area contributed by atoms with Crippen molar-refractivity contribution < 1.29 is 8.81 Å². The maximum absolute atomic E-state index is 14.1. The quantitative estimate of drug-likeness (QED) is 0.880. The summed E-state index contributed by atoms with van der Waals surface area (Å²) in [6.07, 6.45) is 4.73. The fourth-order valence-corrected chi connectivity index (χ4v) is 2.26. The van der Waals surface area contributed by atoms with E-state index in [0.717, 1.165) is 17.7 Å². The van der Waals surface area contributed by atoms with Crippen LogP contribution in [0.1, 0.15) is 24.5 Å². The first-order chi connectivity index (χ1) is 9.61. The summed E-state index contributed by atoms with van der Waals surface area (Å²) < 4.78 is 19.2. The first kappa shape index (κ1) is 14.6. The molecule has 2 aromatic rings. The number of hydrogen-bond acceptors (Lipinski definition) is 3. The summed E-state index contributed by atoms with van der Waals surface area (Å²) in [6.45, 7) is 2.69. The Labute approximate surface area is 119 Å². The van der Waals surface area contributed by atoms with Gasteiger partial charge in [0.1, 0.15) is 5.82 Å². The lowest BCUT2D eigenvalue weighted by molar-refractivity contribution is 0.563. The number of hydrogen-bond donors (Lipinski definition) is 1. The normalized spacial score (nSPS) is 12.4. The van der Waals surface area contributed by atoms with Crippen LogP contribution in [0.4, 0.5) is 10.1 Å². The van der Waals surface area contributed by atoms with Gasteiger partial charge >= 0.3 is 0 Å². The van der Waals surface area contributed by atoms with Crippen LogP contribution in [0.2, 0.25) is 0 Å². The molecule has 0 spiro atoms. The molecule has 1 heterocycles. The first-order valence-corrected chi connectivity index (χ1v) is 6.87. The molecule has 1 aromatic carbocycles. The molecule has 1 atom stereocenters. The van der Waals surface area contributed by atoms with Crippen LogP contribution in [0.5, 0.6) is 0 Å². The summed E-state index contributed by atoms with van der Waals surface area (Å²) in [7, 11) is 1.95. The van der Waals surface area contributed by atoms with E-state index in [-0.39, 0.29) is 11.9 Å². The monoisotopic (exact) mass is 276 g/mol. The van der Waals surface area contributed by atoms with Crippen molar-refractivity contribution >= 4 is 5.69 Å². The molecule has 2 rings (SSSR count). The highest BCUT2D eigenvalue weighted by Crippen LogP contribution is 2.25. The molecule has 0 aliphatic carbocycles. The SMILES string of the molecule is CCC(N)Cc1c(F)cccc1N(C)Cc1ccoc1. The van der Waals surface area contributed by atoms with Gasteiger partial charge in [0.25, 0.3) is 0 Å². The number of halogens is 1. The van der Waals surface area contributed by atoms with Gasteiger partial charge in [-0.05, 0) is 31.0 Å². The molecule has 2 N–H and O–H groups in total. The maximum atomic E-state index is 14.1. The number of rotatable bonds is 6. The Kier molecular flexibility index (Phi) is 4.79. The van der Waals surface area contributed by atoms with Crippen molar-refractivity contribution in [2.75, 3.05) is 11.9 Å². The van der Waals surface area contributed by atoms with Gasteiger partial charge in [-0.25, -0.2) is 4.39 Å². The molecule has 0 radical (unpaired) electrons. The Morgan fingerprint density at radius 2 is 2.15 bits per heavy atom. The number of nitrogens with zero attached hydrogens (tertiary/aromatic N) is 1. The zero-order valence-corrected chi connectivity index (χ0v) is 12.0. The van der Waals surface area contributed by atoms with Crippen LogP contribution in [0.25, 0.3) is 0 Å². The minimum atomic E-state index is -0.189. The largest absolute Gasteiger partial charge is 0.472 e. The number of benzene rings is 1. The van der Waals surface area contributed by atoms with Crippen LogP contribution in [0, 0.1) is 5.82 Å². The summed E-state index contributed by atoms with van der Waals surface area (Å²) in [5, 5.41) is 0. The van der Waals surface area contributed by atoms with Crippen LogP contribution in [0.15, 0.2) is 41.2 Å². The van der Waals surface area contributed by atoms with Gasteiger partial charge < -0.3 is 15.1 Å².